The van der Waals surface area contributed by atoms with E-state index in [1.54, 1.807) is 45.0 Å². The lowest BCUT2D eigenvalue weighted by Gasteiger charge is -2.34. The molecular weight excluding hydrogens is 438 g/mol. The summed E-state index contributed by atoms with van der Waals surface area (Å²) in [7, 11) is 0. The van der Waals surface area contributed by atoms with Crippen molar-refractivity contribution < 1.29 is 19.1 Å². The number of unbranched alkanes of at least 4 members (excludes halogenated alkanes) is 1. The zero-order valence-corrected chi connectivity index (χ0v) is 21.2. The predicted molar refractivity (Wildman–Crippen MR) is 134 cm³/mol. The number of ether oxygens (including phenoxy) is 1. The van der Waals surface area contributed by atoms with E-state index in [9.17, 15) is 14.4 Å². The molecule has 0 heterocycles. The van der Waals surface area contributed by atoms with Crippen LogP contribution < -0.4 is 10.6 Å². The van der Waals surface area contributed by atoms with Crippen LogP contribution in [0.5, 0.6) is 0 Å². The highest BCUT2D eigenvalue weighted by molar-refractivity contribution is 7.80. The van der Waals surface area contributed by atoms with Crippen molar-refractivity contribution in [1.29, 1.82) is 0 Å². The molecule has 7 nitrogen and oxygen atoms in total. The molecule has 2 N–H and O–H groups in total. The minimum atomic E-state index is -0.973. The van der Waals surface area contributed by atoms with Gasteiger partial charge in [-0.15, -0.1) is 6.42 Å². The molecule has 0 bridgehead atoms. The fourth-order valence-electron chi connectivity index (χ4n) is 3.25. The molecule has 8 heteroatoms. The Morgan fingerprint density at radius 3 is 2.39 bits per heavy atom. The molecule has 0 aliphatic rings. The number of terminal acetylenes is 1. The fraction of sp³-hybridized carbons (Fsp3) is 0.560. The van der Waals surface area contributed by atoms with Gasteiger partial charge in [0.05, 0.1) is 0 Å². The summed E-state index contributed by atoms with van der Waals surface area (Å²) in [5.41, 5.74) is 0.376. The van der Waals surface area contributed by atoms with Gasteiger partial charge in [0.2, 0.25) is 11.8 Å². The van der Waals surface area contributed by atoms with Gasteiger partial charge in [-0.1, -0.05) is 44.4 Å². The second-order valence-corrected chi connectivity index (χ2v) is 9.06. The van der Waals surface area contributed by atoms with E-state index in [4.69, 9.17) is 11.2 Å². The van der Waals surface area contributed by atoms with E-state index >= 15 is 0 Å². The first-order valence-electron chi connectivity index (χ1n) is 11.3. The molecule has 33 heavy (non-hydrogen) atoms. The van der Waals surface area contributed by atoms with Gasteiger partial charge in [0.15, 0.2) is 0 Å². The Morgan fingerprint density at radius 2 is 1.85 bits per heavy atom. The third kappa shape index (κ3) is 9.01. The van der Waals surface area contributed by atoms with E-state index in [-0.39, 0.29) is 11.7 Å². The summed E-state index contributed by atoms with van der Waals surface area (Å²) in [5, 5.41) is 5.51. The van der Waals surface area contributed by atoms with Crippen LogP contribution in [-0.2, 0) is 14.3 Å². The summed E-state index contributed by atoms with van der Waals surface area (Å²) in [6.45, 7) is 9.94. The number of alkyl carbamates (subject to hydrolysis) is 1. The number of hydrogen-bond acceptors (Lipinski definition) is 5. The van der Waals surface area contributed by atoms with Crippen molar-refractivity contribution in [3.8, 4) is 12.3 Å². The first kappa shape index (κ1) is 28.4. The second-order valence-electron chi connectivity index (χ2n) is 8.69. The van der Waals surface area contributed by atoms with Crippen molar-refractivity contribution in [2.75, 3.05) is 18.8 Å². The van der Waals surface area contributed by atoms with E-state index in [1.807, 2.05) is 13.8 Å². The molecule has 2 unspecified atom stereocenters. The van der Waals surface area contributed by atoms with E-state index in [1.165, 1.54) is 4.90 Å². The quantitative estimate of drug-likeness (QED) is 0.259. The summed E-state index contributed by atoms with van der Waals surface area (Å²) in [6.07, 6.45) is 7.32. The van der Waals surface area contributed by atoms with Crippen LogP contribution >= 0.6 is 12.6 Å². The standard InChI is InChI=1S/C25H37N3O4S/c1-7-10-15-26-22(29)21(19-14-12-11-13-18(19)9-3)28(16-8-2)23(30)20(17-33)27-24(31)32-25(4,5)6/h3,11-14,20-21,33H,7-8,10,15-17H2,1-2,4-6H3,(H,26,29)(H,27,31). The Morgan fingerprint density at radius 1 is 1.18 bits per heavy atom. The number of rotatable bonds is 11. The molecule has 1 aromatic rings. The minimum absolute atomic E-state index is 0.0409. The second kappa shape index (κ2) is 13.8. The number of benzene rings is 1. The number of thiol groups is 1. The van der Waals surface area contributed by atoms with Gasteiger partial charge in [-0.2, -0.15) is 12.6 Å². The Hall–Kier alpha value is -2.66. The van der Waals surface area contributed by atoms with Gasteiger partial charge in [0.25, 0.3) is 0 Å². The molecule has 1 aromatic carbocycles. The van der Waals surface area contributed by atoms with Gasteiger partial charge in [-0.25, -0.2) is 4.79 Å². The smallest absolute Gasteiger partial charge is 0.408 e. The molecule has 0 aromatic heterocycles. The molecule has 0 saturated carbocycles. The number of amides is 3. The van der Waals surface area contributed by atoms with Gasteiger partial charge in [0, 0.05) is 24.4 Å². The number of nitrogens with zero attached hydrogens (tertiary/aromatic N) is 1. The highest BCUT2D eigenvalue weighted by Crippen LogP contribution is 2.26. The molecule has 182 valence electrons. The topological polar surface area (TPSA) is 87.7 Å². The largest absolute Gasteiger partial charge is 0.444 e. The van der Waals surface area contributed by atoms with Gasteiger partial charge in [-0.3, -0.25) is 9.59 Å². The van der Waals surface area contributed by atoms with Gasteiger partial charge < -0.3 is 20.3 Å². The van der Waals surface area contributed by atoms with Crippen molar-refractivity contribution in [3.63, 3.8) is 0 Å². The SMILES string of the molecule is C#Cc1ccccc1C(C(=O)NCCCC)N(CCC)C(=O)C(CS)NC(=O)OC(C)(C)C. The number of nitrogens with one attached hydrogen (secondary N) is 2. The molecule has 0 radical (unpaired) electrons. The number of hydrogen-bond donors (Lipinski definition) is 3. The average Bonchev–Trinajstić information content (AvgIpc) is 2.76. The molecule has 0 spiro atoms. The van der Waals surface area contributed by atoms with Crippen molar-refractivity contribution in [2.45, 2.75) is 71.6 Å². The maximum atomic E-state index is 13.6. The van der Waals surface area contributed by atoms with E-state index in [0.717, 1.165) is 12.8 Å². The molecule has 0 aliphatic heterocycles. The Labute approximate surface area is 203 Å². The summed E-state index contributed by atoms with van der Waals surface area (Å²) in [6, 6.07) is 5.16. The monoisotopic (exact) mass is 475 g/mol. The van der Waals surface area contributed by atoms with Crippen molar-refractivity contribution >= 4 is 30.5 Å². The fourth-order valence-corrected chi connectivity index (χ4v) is 3.49. The number of carbonyl (C=O) groups is 3. The first-order chi connectivity index (χ1) is 15.6. The van der Waals surface area contributed by atoms with Crippen LogP contribution in [0.15, 0.2) is 24.3 Å². The van der Waals surface area contributed by atoms with Crippen molar-refractivity contribution in [1.82, 2.24) is 15.5 Å². The number of carbonyl (C=O) groups excluding carboxylic acids is 3. The van der Waals surface area contributed by atoms with Crippen LogP contribution in [0.3, 0.4) is 0 Å². The summed E-state index contributed by atoms with van der Waals surface area (Å²) < 4.78 is 5.29. The predicted octanol–water partition coefficient (Wildman–Crippen LogP) is 3.69. The Balaban J connectivity index is 3.36. The van der Waals surface area contributed by atoms with E-state index in [0.29, 0.717) is 30.6 Å². The van der Waals surface area contributed by atoms with Crippen LogP contribution in [0.4, 0.5) is 4.79 Å². The maximum Gasteiger partial charge on any atom is 0.408 e. The molecular formula is C25H37N3O4S. The van der Waals surface area contributed by atoms with Crippen LogP contribution in [0.2, 0.25) is 0 Å². The summed E-state index contributed by atoms with van der Waals surface area (Å²) in [4.78, 5) is 40.7. The summed E-state index contributed by atoms with van der Waals surface area (Å²) in [5.74, 6) is 1.91. The van der Waals surface area contributed by atoms with Crippen molar-refractivity contribution in [2.24, 2.45) is 0 Å². The van der Waals surface area contributed by atoms with Crippen LogP contribution in [0.25, 0.3) is 0 Å². The van der Waals surface area contributed by atoms with Crippen molar-refractivity contribution in [3.05, 3.63) is 35.4 Å². The summed E-state index contributed by atoms with van der Waals surface area (Å²) >= 11 is 4.27. The lowest BCUT2D eigenvalue weighted by Crippen LogP contribution is -2.54. The minimum Gasteiger partial charge on any atom is -0.444 e. The van der Waals surface area contributed by atoms with Crippen LogP contribution in [0.1, 0.15) is 71.0 Å². The van der Waals surface area contributed by atoms with E-state index < -0.39 is 29.7 Å². The highest BCUT2D eigenvalue weighted by atomic mass is 32.1. The Bertz CT molecular complexity index is 845. The van der Waals surface area contributed by atoms with Gasteiger partial charge >= 0.3 is 6.09 Å². The molecule has 0 aliphatic carbocycles. The average molecular weight is 476 g/mol. The molecule has 0 saturated heterocycles. The third-order valence-corrected chi connectivity index (χ3v) is 5.08. The van der Waals surface area contributed by atoms with Crippen LogP contribution in [-0.4, -0.2) is 53.3 Å². The molecule has 1 rings (SSSR count). The molecule has 0 fully saturated rings. The molecule has 2 atom stereocenters. The van der Waals surface area contributed by atoms with Gasteiger partial charge in [0.1, 0.15) is 17.7 Å². The first-order valence-corrected chi connectivity index (χ1v) is 12.0. The lowest BCUT2D eigenvalue weighted by molar-refractivity contribution is -0.142. The lowest BCUT2D eigenvalue weighted by atomic mass is 9.97. The third-order valence-electron chi connectivity index (χ3n) is 4.72. The highest BCUT2D eigenvalue weighted by Gasteiger charge is 2.36. The zero-order chi connectivity index (χ0) is 25.0. The van der Waals surface area contributed by atoms with Crippen LogP contribution in [0, 0.1) is 12.3 Å². The van der Waals surface area contributed by atoms with Gasteiger partial charge in [-0.05, 0) is 45.2 Å². The zero-order valence-electron chi connectivity index (χ0n) is 20.3. The Kier molecular flexibility index (Phi) is 11.9. The van der Waals surface area contributed by atoms with E-state index in [2.05, 4.69) is 29.2 Å². The normalized spacial score (nSPS) is 12.8. The maximum absolute atomic E-state index is 13.6. The molecule has 3 amide bonds.